The summed E-state index contributed by atoms with van der Waals surface area (Å²) in [5, 5.41) is 0.831. The van der Waals surface area contributed by atoms with E-state index in [0.29, 0.717) is 18.7 Å². The molecule has 0 unspecified atom stereocenters. The predicted molar refractivity (Wildman–Crippen MR) is 97.3 cm³/mol. The highest BCUT2D eigenvalue weighted by atomic mass is 32.2. The largest absolute Gasteiger partial charge is 0.496 e. The van der Waals surface area contributed by atoms with Gasteiger partial charge in [0, 0.05) is 23.1 Å². The van der Waals surface area contributed by atoms with Gasteiger partial charge in [0.05, 0.1) is 18.6 Å². The second-order valence-electron chi connectivity index (χ2n) is 6.49. The molecule has 0 radical (unpaired) electrons. The molecule has 1 aliphatic heterocycles. The Morgan fingerprint density at radius 3 is 2.73 bits per heavy atom. The van der Waals surface area contributed by atoms with Crippen molar-refractivity contribution in [2.45, 2.75) is 24.8 Å². The van der Waals surface area contributed by atoms with E-state index in [1.54, 1.807) is 31.4 Å². The first-order valence-electron chi connectivity index (χ1n) is 8.34. The molecular formula is C19H19FN2O3S. The highest BCUT2D eigenvalue weighted by Crippen LogP contribution is 2.31. The van der Waals surface area contributed by atoms with E-state index in [1.807, 2.05) is 6.92 Å². The summed E-state index contributed by atoms with van der Waals surface area (Å²) in [6.07, 6.45) is 0.549. The zero-order valence-electron chi connectivity index (χ0n) is 14.5. The van der Waals surface area contributed by atoms with Crippen molar-refractivity contribution >= 4 is 20.9 Å². The molecule has 0 fully saturated rings. The second-order valence-corrected chi connectivity index (χ2v) is 8.43. The van der Waals surface area contributed by atoms with Gasteiger partial charge >= 0.3 is 0 Å². The fourth-order valence-corrected chi connectivity index (χ4v) is 5.05. The van der Waals surface area contributed by atoms with Crippen LogP contribution >= 0.6 is 0 Å². The third-order valence-corrected chi connectivity index (χ3v) is 6.75. The number of hydrogen-bond acceptors (Lipinski definition) is 3. The smallest absolute Gasteiger partial charge is 0.243 e. The maximum atomic E-state index is 13.5. The van der Waals surface area contributed by atoms with Crippen molar-refractivity contribution in [3.8, 4) is 5.75 Å². The van der Waals surface area contributed by atoms with Crippen molar-refractivity contribution in [2.24, 2.45) is 0 Å². The lowest BCUT2D eigenvalue weighted by atomic mass is 10.0. The highest BCUT2D eigenvalue weighted by Gasteiger charge is 2.30. The number of H-pyrrole nitrogens is 1. The number of nitrogens with one attached hydrogen (secondary N) is 1. The van der Waals surface area contributed by atoms with Crippen LogP contribution in [0, 0.1) is 12.7 Å². The van der Waals surface area contributed by atoms with Crippen LogP contribution in [0.3, 0.4) is 0 Å². The standard InChI is InChI=1S/C19H19FN2O3S/c1-12-9-14(4-6-19(12)25-2)26(23,24)22-8-7-15-16-10-13(20)3-5-17(16)21-18(15)11-22/h3-6,9-10,21H,7-8,11H2,1-2H3. The molecular weight excluding hydrogens is 355 g/mol. The SMILES string of the molecule is COc1ccc(S(=O)(=O)N2CCc3c([nH]c4ccc(F)cc34)C2)cc1C. The number of nitrogens with zero attached hydrogens (tertiary/aromatic N) is 1. The minimum absolute atomic E-state index is 0.249. The molecule has 26 heavy (non-hydrogen) atoms. The molecule has 0 bridgehead atoms. The van der Waals surface area contributed by atoms with Crippen LogP contribution in [0.1, 0.15) is 16.8 Å². The Labute approximate surface area is 151 Å². The molecule has 0 saturated carbocycles. The average Bonchev–Trinajstić information content (AvgIpc) is 2.98. The van der Waals surface area contributed by atoms with Gasteiger partial charge in [0.15, 0.2) is 0 Å². The zero-order valence-corrected chi connectivity index (χ0v) is 15.4. The normalized spacial score (nSPS) is 15.2. The van der Waals surface area contributed by atoms with E-state index in [4.69, 9.17) is 4.74 Å². The minimum atomic E-state index is -3.61. The first-order valence-corrected chi connectivity index (χ1v) is 9.78. The van der Waals surface area contributed by atoms with Gasteiger partial charge in [-0.05, 0) is 60.9 Å². The summed E-state index contributed by atoms with van der Waals surface area (Å²) in [4.78, 5) is 3.48. The molecule has 136 valence electrons. The summed E-state index contributed by atoms with van der Waals surface area (Å²) in [7, 11) is -2.06. The summed E-state index contributed by atoms with van der Waals surface area (Å²) < 4.78 is 46.3. The number of ether oxygens (including phenoxy) is 1. The van der Waals surface area contributed by atoms with Gasteiger partial charge in [0.2, 0.25) is 10.0 Å². The van der Waals surface area contributed by atoms with E-state index < -0.39 is 10.0 Å². The van der Waals surface area contributed by atoms with Crippen molar-refractivity contribution in [3.05, 3.63) is 59.0 Å². The number of benzene rings is 2. The van der Waals surface area contributed by atoms with Crippen LogP contribution in [-0.4, -0.2) is 31.4 Å². The van der Waals surface area contributed by atoms with Gasteiger partial charge < -0.3 is 9.72 Å². The number of sulfonamides is 1. The molecule has 2 heterocycles. The molecule has 1 N–H and O–H groups in total. The Morgan fingerprint density at radius 1 is 1.19 bits per heavy atom. The number of halogens is 1. The third kappa shape index (κ3) is 2.68. The molecule has 1 aromatic heterocycles. The van der Waals surface area contributed by atoms with E-state index in [0.717, 1.165) is 27.7 Å². The number of methoxy groups -OCH3 is 1. The molecule has 0 saturated heterocycles. The van der Waals surface area contributed by atoms with Crippen LogP contribution in [0.15, 0.2) is 41.3 Å². The van der Waals surface area contributed by atoms with Crippen molar-refractivity contribution in [1.29, 1.82) is 0 Å². The maximum absolute atomic E-state index is 13.5. The first kappa shape index (κ1) is 17.1. The van der Waals surface area contributed by atoms with Gasteiger partial charge in [-0.2, -0.15) is 4.31 Å². The van der Waals surface area contributed by atoms with E-state index in [-0.39, 0.29) is 17.3 Å². The molecule has 0 aliphatic carbocycles. The van der Waals surface area contributed by atoms with Crippen LogP contribution in [0.5, 0.6) is 5.75 Å². The molecule has 0 atom stereocenters. The molecule has 1 aliphatic rings. The van der Waals surface area contributed by atoms with Gasteiger partial charge in [-0.25, -0.2) is 12.8 Å². The number of aromatic nitrogens is 1. The van der Waals surface area contributed by atoms with Gasteiger partial charge in [-0.1, -0.05) is 0 Å². The third-order valence-electron chi connectivity index (χ3n) is 4.91. The lowest BCUT2D eigenvalue weighted by molar-refractivity contribution is 0.388. The number of rotatable bonds is 3. The van der Waals surface area contributed by atoms with Crippen LogP contribution in [0.25, 0.3) is 10.9 Å². The van der Waals surface area contributed by atoms with Gasteiger partial charge in [-0.15, -0.1) is 0 Å². The van der Waals surface area contributed by atoms with Crippen LogP contribution in [0.4, 0.5) is 4.39 Å². The fourth-order valence-electron chi connectivity index (χ4n) is 3.55. The Hall–Kier alpha value is -2.38. The maximum Gasteiger partial charge on any atom is 0.243 e. The Balaban J connectivity index is 1.69. The van der Waals surface area contributed by atoms with Crippen molar-refractivity contribution < 1.29 is 17.5 Å². The second kappa shape index (κ2) is 6.10. The predicted octanol–water partition coefficient (Wildman–Crippen LogP) is 3.37. The lowest BCUT2D eigenvalue weighted by Gasteiger charge is -2.26. The summed E-state index contributed by atoms with van der Waals surface area (Å²) in [5.74, 6) is 0.366. The number of aromatic amines is 1. The van der Waals surface area contributed by atoms with Crippen molar-refractivity contribution in [2.75, 3.05) is 13.7 Å². The van der Waals surface area contributed by atoms with Gasteiger partial charge in [0.25, 0.3) is 0 Å². The average molecular weight is 374 g/mol. The molecule has 2 aromatic carbocycles. The van der Waals surface area contributed by atoms with Crippen molar-refractivity contribution in [1.82, 2.24) is 9.29 Å². The molecule has 0 spiro atoms. The van der Waals surface area contributed by atoms with E-state index in [9.17, 15) is 12.8 Å². The van der Waals surface area contributed by atoms with Gasteiger partial charge in [-0.3, -0.25) is 0 Å². The van der Waals surface area contributed by atoms with Gasteiger partial charge in [0.1, 0.15) is 11.6 Å². The quantitative estimate of drug-likeness (QED) is 0.765. The summed E-state index contributed by atoms with van der Waals surface area (Å²) in [5.41, 5.74) is 3.42. The topological polar surface area (TPSA) is 62.4 Å². The number of fused-ring (bicyclic) bond motifs is 3. The van der Waals surface area contributed by atoms with Crippen LogP contribution in [0.2, 0.25) is 0 Å². The molecule has 4 rings (SSSR count). The molecule has 5 nitrogen and oxygen atoms in total. The first-order chi connectivity index (χ1) is 12.4. The lowest BCUT2D eigenvalue weighted by Crippen LogP contribution is -2.35. The Kier molecular flexibility index (Phi) is 4.00. The van der Waals surface area contributed by atoms with Crippen LogP contribution in [-0.2, 0) is 23.0 Å². The Morgan fingerprint density at radius 2 is 2.00 bits per heavy atom. The zero-order chi connectivity index (χ0) is 18.5. The fraction of sp³-hybridized carbons (Fsp3) is 0.263. The Bertz CT molecular complexity index is 1110. The number of aryl methyl sites for hydroxylation is 1. The molecule has 3 aromatic rings. The molecule has 7 heteroatoms. The monoisotopic (exact) mass is 374 g/mol. The summed E-state index contributed by atoms with van der Waals surface area (Å²) >= 11 is 0. The van der Waals surface area contributed by atoms with E-state index in [2.05, 4.69) is 4.98 Å². The van der Waals surface area contributed by atoms with E-state index in [1.165, 1.54) is 16.4 Å². The summed E-state index contributed by atoms with van der Waals surface area (Å²) in [6, 6.07) is 9.46. The highest BCUT2D eigenvalue weighted by molar-refractivity contribution is 7.89. The number of hydrogen-bond donors (Lipinski definition) is 1. The van der Waals surface area contributed by atoms with Crippen molar-refractivity contribution in [3.63, 3.8) is 0 Å². The van der Waals surface area contributed by atoms with E-state index >= 15 is 0 Å². The summed E-state index contributed by atoms with van der Waals surface area (Å²) in [6.45, 7) is 2.43. The molecule has 0 amide bonds. The minimum Gasteiger partial charge on any atom is -0.496 e. The van der Waals surface area contributed by atoms with Crippen LogP contribution < -0.4 is 4.74 Å².